The Morgan fingerprint density at radius 3 is 2.56 bits per heavy atom. The number of carbonyl (C=O) groups is 1. The molecule has 1 aromatic heterocycles. The molecule has 8 heteroatoms. The van der Waals surface area contributed by atoms with Gasteiger partial charge in [-0.15, -0.1) is 0 Å². The normalized spacial score (nSPS) is 11.9. The lowest BCUT2D eigenvalue weighted by atomic mass is 9.99. The predicted octanol–water partition coefficient (Wildman–Crippen LogP) is 4.15. The summed E-state index contributed by atoms with van der Waals surface area (Å²) in [5, 5.41) is 0. The first-order valence-corrected chi connectivity index (χ1v) is 7.84. The van der Waals surface area contributed by atoms with Crippen molar-refractivity contribution in [2.24, 2.45) is 0 Å². The second-order valence-electron chi connectivity index (χ2n) is 5.56. The number of carbonyl (C=O) groups excluding carboxylic acids is 1. The molecule has 1 heterocycles. The molecule has 0 unspecified atom stereocenters. The maximum atomic E-state index is 12.7. The van der Waals surface area contributed by atoms with Gasteiger partial charge in [-0.25, -0.2) is 9.78 Å². The fourth-order valence-electron chi connectivity index (χ4n) is 2.31. The van der Waals surface area contributed by atoms with Crippen molar-refractivity contribution >= 4 is 11.5 Å². The monoisotopic (exact) mass is 381 g/mol. The summed E-state index contributed by atoms with van der Waals surface area (Å²) < 4.78 is 53.2. The lowest BCUT2D eigenvalue weighted by Crippen LogP contribution is -2.09. The molecule has 0 aliphatic heterocycles. The average Bonchev–Trinajstić information content (AvgIpc) is 2.64. The van der Waals surface area contributed by atoms with E-state index in [1.165, 1.54) is 32.6 Å². The average molecular weight is 381 g/mol. The Labute approximate surface area is 154 Å². The van der Waals surface area contributed by atoms with E-state index in [2.05, 4.69) is 4.98 Å². The van der Waals surface area contributed by atoms with Gasteiger partial charge < -0.3 is 14.2 Å². The molecule has 0 radical (unpaired) electrons. The number of aromatic nitrogens is 1. The third-order valence-electron chi connectivity index (χ3n) is 3.63. The van der Waals surface area contributed by atoms with Gasteiger partial charge in [0.05, 0.1) is 20.5 Å². The van der Waals surface area contributed by atoms with Gasteiger partial charge in [0, 0.05) is 6.07 Å². The van der Waals surface area contributed by atoms with Crippen LogP contribution >= 0.6 is 0 Å². The Kier molecular flexibility index (Phi) is 6.44. The van der Waals surface area contributed by atoms with Crippen LogP contribution < -0.4 is 4.74 Å². The Morgan fingerprint density at radius 1 is 1.19 bits per heavy atom. The molecule has 2 aromatic rings. The number of hydrogen-bond donors (Lipinski definition) is 0. The number of methoxy groups -OCH3 is 2. The zero-order chi connectivity index (χ0) is 20.0. The fourth-order valence-corrected chi connectivity index (χ4v) is 2.31. The lowest BCUT2D eigenvalue weighted by molar-refractivity contribution is -0.141. The summed E-state index contributed by atoms with van der Waals surface area (Å²) >= 11 is 0. The van der Waals surface area contributed by atoms with Gasteiger partial charge in [0.2, 0.25) is 5.88 Å². The molecule has 0 bridgehead atoms. The minimum absolute atomic E-state index is 0.0248. The van der Waals surface area contributed by atoms with Gasteiger partial charge in [0.25, 0.3) is 0 Å². The van der Waals surface area contributed by atoms with E-state index in [-0.39, 0.29) is 18.1 Å². The van der Waals surface area contributed by atoms with Crippen LogP contribution in [0.4, 0.5) is 13.2 Å². The van der Waals surface area contributed by atoms with Crippen LogP contribution in [-0.2, 0) is 27.1 Å². The molecule has 144 valence electrons. The maximum Gasteiger partial charge on any atom is 0.433 e. The Morgan fingerprint density at radius 2 is 1.93 bits per heavy atom. The zero-order valence-electron chi connectivity index (χ0n) is 15.0. The van der Waals surface area contributed by atoms with Crippen molar-refractivity contribution in [1.29, 1.82) is 0 Å². The van der Waals surface area contributed by atoms with Crippen molar-refractivity contribution in [2.75, 3.05) is 14.2 Å². The molecule has 0 saturated heterocycles. The molecule has 0 aliphatic rings. The molecule has 0 atom stereocenters. The van der Waals surface area contributed by atoms with E-state index in [0.717, 1.165) is 11.6 Å². The smallest absolute Gasteiger partial charge is 0.433 e. The van der Waals surface area contributed by atoms with Gasteiger partial charge in [-0.05, 0) is 35.7 Å². The van der Waals surface area contributed by atoms with Crippen LogP contribution in [0.3, 0.4) is 0 Å². The lowest BCUT2D eigenvalue weighted by Gasteiger charge is -2.12. The minimum atomic E-state index is -4.54. The summed E-state index contributed by atoms with van der Waals surface area (Å²) in [5.41, 5.74) is 1.20. The van der Waals surface area contributed by atoms with Crippen LogP contribution in [0, 0.1) is 6.92 Å². The number of rotatable bonds is 6. The van der Waals surface area contributed by atoms with E-state index in [1.54, 1.807) is 25.1 Å². The van der Waals surface area contributed by atoms with Crippen LogP contribution in [0.5, 0.6) is 5.88 Å². The summed E-state index contributed by atoms with van der Waals surface area (Å²) in [4.78, 5) is 15.4. The summed E-state index contributed by atoms with van der Waals surface area (Å²) in [7, 11) is 2.66. The zero-order valence-corrected chi connectivity index (χ0v) is 15.0. The number of nitrogens with zero attached hydrogens (tertiary/aromatic N) is 1. The number of aryl methyl sites for hydroxylation is 1. The molecule has 0 aliphatic carbocycles. The highest BCUT2D eigenvalue weighted by Crippen LogP contribution is 2.29. The molecular formula is C19H18F3NO4. The minimum Gasteiger partial charge on any atom is -0.503 e. The van der Waals surface area contributed by atoms with Crippen molar-refractivity contribution < 1.29 is 32.2 Å². The van der Waals surface area contributed by atoms with E-state index in [0.29, 0.717) is 11.1 Å². The maximum absolute atomic E-state index is 12.7. The third kappa shape index (κ3) is 5.22. The molecule has 0 fully saturated rings. The van der Waals surface area contributed by atoms with E-state index in [9.17, 15) is 18.0 Å². The number of benzene rings is 1. The summed E-state index contributed by atoms with van der Waals surface area (Å²) in [5.74, 6) is -0.717. The molecule has 1 aromatic carbocycles. The Bertz CT molecular complexity index is 847. The van der Waals surface area contributed by atoms with Gasteiger partial charge in [-0.2, -0.15) is 13.2 Å². The van der Waals surface area contributed by atoms with E-state index >= 15 is 0 Å². The Balaban J connectivity index is 2.24. The highest BCUT2D eigenvalue weighted by molar-refractivity contribution is 6.16. The summed E-state index contributed by atoms with van der Waals surface area (Å²) in [6, 6.07) is 8.63. The van der Waals surface area contributed by atoms with Crippen LogP contribution in [0.1, 0.15) is 22.4 Å². The first-order chi connectivity index (χ1) is 12.8. The fraction of sp³-hybridized carbons (Fsp3) is 0.263. The quantitative estimate of drug-likeness (QED) is 0.427. The topological polar surface area (TPSA) is 57.7 Å². The first kappa shape index (κ1) is 20.3. The van der Waals surface area contributed by atoms with Crippen molar-refractivity contribution in [3.05, 3.63) is 65.0 Å². The highest BCUT2D eigenvalue weighted by Gasteiger charge is 2.32. The molecule has 5 nitrogen and oxygen atoms in total. The van der Waals surface area contributed by atoms with Gasteiger partial charge >= 0.3 is 12.1 Å². The van der Waals surface area contributed by atoms with E-state index in [1.807, 2.05) is 0 Å². The third-order valence-corrected chi connectivity index (χ3v) is 3.63. The number of esters is 1. The molecule has 0 saturated carbocycles. The predicted molar refractivity (Wildman–Crippen MR) is 91.8 cm³/mol. The Hall–Kier alpha value is -3.03. The molecule has 0 N–H and O–H groups in total. The SMILES string of the molecule is CO/C=C(/C(=O)OC)c1cc(COc2cccc(C(F)(F)F)n2)ccc1C. The summed E-state index contributed by atoms with van der Waals surface area (Å²) in [6.45, 7) is 1.78. The summed E-state index contributed by atoms with van der Waals surface area (Å²) in [6.07, 6.45) is -3.27. The molecule has 0 amide bonds. The molecule has 0 spiro atoms. The molecular weight excluding hydrogens is 363 g/mol. The van der Waals surface area contributed by atoms with Crippen LogP contribution in [0.15, 0.2) is 42.7 Å². The van der Waals surface area contributed by atoms with Gasteiger partial charge in [-0.3, -0.25) is 0 Å². The first-order valence-electron chi connectivity index (χ1n) is 7.84. The second-order valence-corrected chi connectivity index (χ2v) is 5.56. The number of hydrogen-bond acceptors (Lipinski definition) is 5. The standard InChI is InChI=1S/C19H18F3NO4/c1-12-7-8-13(9-14(12)15(11-25-2)18(24)26-3)10-27-17-6-4-5-16(23-17)19(20,21)22/h4-9,11H,10H2,1-3H3/b15-11+. The largest absolute Gasteiger partial charge is 0.503 e. The number of ether oxygens (including phenoxy) is 3. The molecule has 2 rings (SSSR count). The van der Waals surface area contributed by atoms with Crippen molar-refractivity contribution in [2.45, 2.75) is 19.7 Å². The van der Waals surface area contributed by atoms with Gasteiger partial charge in [-0.1, -0.05) is 18.2 Å². The van der Waals surface area contributed by atoms with Gasteiger partial charge in [0.15, 0.2) is 0 Å². The van der Waals surface area contributed by atoms with Crippen molar-refractivity contribution in [3.63, 3.8) is 0 Å². The van der Waals surface area contributed by atoms with Gasteiger partial charge in [0.1, 0.15) is 17.9 Å². The van der Waals surface area contributed by atoms with E-state index < -0.39 is 17.8 Å². The van der Waals surface area contributed by atoms with E-state index in [4.69, 9.17) is 14.2 Å². The number of alkyl halides is 3. The highest BCUT2D eigenvalue weighted by atomic mass is 19.4. The van der Waals surface area contributed by atoms with Crippen molar-refractivity contribution in [3.8, 4) is 5.88 Å². The molecule has 27 heavy (non-hydrogen) atoms. The van der Waals surface area contributed by atoms with Crippen LogP contribution in [0.2, 0.25) is 0 Å². The van der Waals surface area contributed by atoms with Crippen LogP contribution in [0.25, 0.3) is 5.57 Å². The number of pyridine rings is 1. The second kappa shape index (κ2) is 8.57. The van der Waals surface area contributed by atoms with Crippen molar-refractivity contribution in [1.82, 2.24) is 4.98 Å². The van der Waals surface area contributed by atoms with Crippen LogP contribution in [-0.4, -0.2) is 25.2 Å². The number of halogens is 3.